The van der Waals surface area contributed by atoms with Crippen LogP contribution in [0.2, 0.25) is 0 Å². The van der Waals surface area contributed by atoms with Gasteiger partial charge in [-0.1, -0.05) is 36.4 Å². The number of rotatable bonds is 9. The normalized spacial score (nSPS) is 15.7. The molecule has 0 amide bonds. The lowest BCUT2D eigenvalue weighted by atomic mass is 9.98. The van der Waals surface area contributed by atoms with E-state index in [0.717, 1.165) is 65.0 Å². The Bertz CT molecular complexity index is 1290. The quantitative estimate of drug-likeness (QED) is 0.336. The molecule has 6 nitrogen and oxygen atoms in total. The number of carbonyl (C=O) groups excluding carboxylic acids is 1. The van der Waals surface area contributed by atoms with Crippen LogP contribution in [0.15, 0.2) is 72.8 Å². The van der Waals surface area contributed by atoms with Gasteiger partial charge in [-0.3, -0.25) is 9.89 Å². The van der Waals surface area contributed by atoms with E-state index >= 15 is 0 Å². The fraction of sp³-hybridized carbons (Fsp3) is 0.333. The number of ether oxygens (including phenoxy) is 2. The van der Waals surface area contributed by atoms with E-state index in [-0.39, 0.29) is 11.9 Å². The van der Waals surface area contributed by atoms with Crippen molar-refractivity contribution < 1.29 is 14.3 Å². The largest absolute Gasteiger partial charge is 0.490 e. The third-order valence-corrected chi connectivity index (χ3v) is 6.83. The number of nitrogens with zero attached hydrogens (tertiary/aromatic N) is 2. The molecule has 0 bridgehead atoms. The molecule has 1 saturated heterocycles. The van der Waals surface area contributed by atoms with Crippen molar-refractivity contribution in [2.45, 2.75) is 38.4 Å². The monoisotopic (exact) mass is 483 g/mol. The summed E-state index contributed by atoms with van der Waals surface area (Å²) in [6.07, 6.45) is 2.11. The van der Waals surface area contributed by atoms with Crippen LogP contribution in [0, 0.1) is 0 Å². The molecule has 0 radical (unpaired) electrons. The number of aromatic amines is 1. The minimum absolute atomic E-state index is 0.0443. The molecule has 2 heterocycles. The number of nitrogens with one attached hydrogen (secondary N) is 1. The Hall–Kier alpha value is -3.48. The predicted octanol–water partition coefficient (Wildman–Crippen LogP) is 5.59. The van der Waals surface area contributed by atoms with Gasteiger partial charge >= 0.3 is 0 Å². The fourth-order valence-electron chi connectivity index (χ4n) is 4.84. The van der Waals surface area contributed by atoms with Crippen LogP contribution < -0.4 is 4.74 Å². The van der Waals surface area contributed by atoms with Crippen LogP contribution in [0.3, 0.4) is 0 Å². The lowest BCUT2D eigenvalue weighted by Gasteiger charge is -2.29. The van der Waals surface area contributed by atoms with E-state index in [4.69, 9.17) is 9.47 Å². The number of likely N-dealkylation sites (tertiary alicyclic amines) is 1. The van der Waals surface area contributed by atoms with Crippen LogP contribution in [-0.4, -0.2) is 53.7 Å². The summed E-state index contributed by atoms with van der Waals surface area (Å²) in [5.41, 5.74) is 4.65. The lowest BCUT2D eigenvalue weighted by molar-refractivity contribution is -0.130. The molecule has 1 aliphatic rings. The fourth-order valence-corrected chi connectivity index (χ4v) is 4.84. The summed E-state index contributed by atoms with van der Waals surface area (Å²) in [6, 6.07) is 23.9. The minimum Gasteiger partial charge on any atom is -0.490 e. The highest BCUT2D eigenvalue weighted by molar-refractivity contribution is 5.94. The van der Waals surface area contributed by atoms with Gasteiger partial charge in [0.2, 0.25) is 0 Å². The number of carbonyl (C=O) groups is 1. The summed E-state index contributed by atoms with van der Waals surface area (Å²) in [5, 5.41) is 8.69. The topological polar surface area (TPSA) is 67.5 Å². The summed E-state index contributed by atoms with van der Waals surface area (Å²) in [6.45, 7) is 4.54. The number of hydrogen-bond donors (Lipinski definition) is 1. The number of benzene rings is 3. The highest BCUT2D eigenvalue weighted by Crippen LogP contribution is 2.30. The second-order valence-corrected chi connectivity index (χ2v) is 9.49. The SMILES string of the molecule is CCOC(C(=O)Cc1ccc2[nH]nc(-c3ccc(OC4CCN(C)CC4)cc3)c2c1)c1ccccc1. The molecule has 0 spiro atoms. The standard InChI is InChI=1S/C30H33N3O3/c1-3-35-30(23-7-5-4-6-8-23)28(34)20-21-9-14-27-26(19-21)29(32-31-27)22-10-12-24(13-11-22)36-25-15-17-33(2)18-16-25/h4-14,19,25,30H,3,15-18,20H2,1-2H3,(H,31,32). The average Bonchev–Trinajstić information content (AvgIpc) is 3.33. The van der Waals surface area contributed by atoms with Crippen molar-refractivity contribution >= 4 is 16.7 Å². The molecular weight excluding hydrogens is 450 g/mol. The van der Waals surface area contributed by atoms with Crippen molar-refractivity contribution in [2.75, 3.05) is 26.7 Å². The van der Waals surface area contributed by atoms with Crippen molar-refractivity contribution in [1.82, 2.24) is 15.1 Å². The van der Waals surface area contributed by atoms with Gasteiger partial charge in [0.25, 0.3) is 0 Å². The maximum Gasteiger partial charge on any atom is 0.170 e. The molecular formula is C30H33N3O3. The van der Waals surface area contributed by atoms with Gasteiger partial charge in [-0.2, -0.15) is 5.10 Å². The maximum absolute atomic E-state index is 13.2. The van der Waals surface area contributed by atoms with E-state index in [9.17, 15) is 4.79 Å². The van der Waals surface area contributed by atoms with Crippen LogP contribution in [0.4, 0.5) is 0 Å². The van der Waals surface area contributed by atoms with Crippen LogP contribution in [-0.2, 0) is 16.0 Å². The number of piperidine rings is 1. The Morgan fingerprint density at radius 2 is 1.81 bits per heavy atom. The smallest absolute Gasteiger partial charge is 0.170 e. The van der Waals surface area contributed by atoms with Gasteiger partial charge in [-0.15, -0.1) is 0 Å². The van der Waals surface area contributed by atoms with Gasteiger partial charge in [0.15, 0.2) is 5.78 Å². The van der Waals surface area contributed by atoms with Crippen molar-refractivity contribution in [3.05, 3.63) is 83.9 Å². The third-order valence-electron chi connectivity index (χ3n) is 6.83. The number of Topliss-reactive ketones (excluding diaryl/α,β-unsaturated/α-hetero) is 1. The summed E-state index contributed by atoms with van der Waals surface area (Å²) in [7, 11) is 2.15. The number of H-pyrrole nitrogens is 1. The maximum atomic E-state index is 13.2. The number of hydrogen-bond acceptors (Lipinski definition) is 5. The zero-order valence-corrected chi connectivity index (χ0v) is 20.9. The van der Waals surface area contributed by atoms with Gasteiger partial charge in [0.1, 0.15) is 18.0 Å². The first kappa shape index (κ1) is 24.2. The third kappa shape index (κ3) is 5.50. The molecule has 6 heteroatoms. The predicted molar refractivity (Wildman–Crippen MR) is 142 cm³/mol. The van der Waals surface area contributed by atoms with E-state index in [1.54, 1.807) is 0 Å². The second kappa shape index (κ2) is 11.1. The van der Waals surface area contributed by atoms with Gasteiger partial charge in [0.05, 0.1) is 11.2 Å². The molecule has 0 aliphatic carbocycles. The van der Waals surface area contributed by atoms with Gasteiger partial charge in [-0.25, -0.2) is 0 Å². The minimum atomic E-state index is -0.562. The van der Waals surface area contributed by atoms with E-state index in [1.165, 1.54) is 0 Å². The van der Waals surface area contributed by atoms with E-state index in [2.05, 4.69) is 40.3 Å². The highest BCUT2D eigenvalue weighted by atomic mass is 16.5. The Labute approximate surface area is 212 Å². The van der Waals surface area contributed by atoms with Crippen molar-refractivity contribution in [1.29, 1.82) is 0 Å². The van der Waals surface area contributed by atoms with Gasteiger partial charge < -0.3 is 14.4 Å². The lowest BCUT2D eigenvalue weighted by Crippen LogP contribution is -2.35. The molecule has 1 N–H and O–H groups in total. The summed E-state index contributed by atoms with van der Waals surface area (Å²) >= 11 is 0. The number of ketones is 1. The van der Waals surface area contributed by atoms with Crippen LogP contribution in [0.5, 0.6) is 5.75 Å². The molecule has 4 aromatic rings. The van der Waals surface area contributed by atoms with Crippen LogP contribution >= 0.6 is 0 Å². The Kier molecular flexibility index (Phi) is 7.44. The summed E-state index contributed by atoms with van der Waals surface area (Å²) in [5.74, 6) is 0.935. The summed E-state index contributed by atoms with van der Waals surface area (Å²) < 4.78 is 12.0. The molecule has 1 aliphatic heterocycles. The summed E-state index contributed by atoms with van der Waals surface area (Å²) in [4.78, 5) is 15.5. The highest BCUT2D eigenvalue weighted by Gasteiger charge is 2.22. The zero-order valence-electron chi connectivity index (χ0n) is 20.9. The van der Waals surface area contributed by atoms with Crippen LogP contribution in [0.25, 0.3) is 22.2 Å². The Morgan fingerprint density at radius 3 is 2.53 bits per heavy atom. The van der Waals surface area contributed by atoms with Crippen molar-refractivity contribution in [3.63, 3.8) is 0 Å². The molecule has 1 fully saturated rings. The van der Waals surface area contributed by atoms with E-state index in [1.807, 2.05) is 61.5 Å². The molecule has 1 aromatic heterocycles. The van der Waals surface area contributed by atoms with Crippen LogP contribution in [0.1, 0.15) is 37.0 Å². The average molecular weight is 484 g/mol. The molecule has 1 unspecified atom stereocenters. The number of fused-ring (bicyclic) bond motifs is 1. The first-order valence-corrected chi connectivity index (χ1v) is 12.7. The van der Waals surface area contributed by atoms with Crippen molar-refractivity contribution in [3.8, 4) is 17.0 Å². The molecule has 1 atom stereocenters. The molecule has 186 valence electrons. The van der Waals surface area contributed by atoms with E-state index in [0.29, 0.717) is 13.0 Å². The van der Waals surface area contributed by atoms with Crippen molar-refractivity contribution in [2.24, 2.45) is 0 Å². The first-order valence-electron chi connectivity index (χ1n) is 12.7. The zero-order chi connectivity index (χ0) is 24.9. The van der Waals surface area contributed by atoms with Gasteiger partial charge in [0, 0.05) is 37.1 Å². The van der Waals surface area contributed by atoms with E-state index < -0.39 is 6.10 Å². The molecule has 5 rings (SSSR count). The first-order chi connectivity index (χ1) is 17.6. The molecule has 36 heavy (non-hydrogen) atoms. The molecule has 3 aromatic carbocycles. The second-order valence-electron chi connectivity index (χ2n) is 9.49. The van der Waals surface area contributed by atoms with Gasteiger partial charge in [-0.05, 0) is 74.3 Å². The molecule has 0 saturated carbocycles. The number of aromatic nitrogens is 2. The Balaban J connectivity index is 1.32. The Morgan fingerprint density at radius 1 is 1.06 bits per heavy atom.